The van der Waals surface area contributed by atoms with Crippen molar-refractivity contribution < 1.29 is 4.57 Å². The molecule has 1 heterocycles. The summed E-state index contributed by atoms with van der Waals surface area (Å²) in [6, 6.07) is 0. The molecule has 2 nitrogen and oxygen atoms in total. The highest BCUT2D eigenvalue weighted by Gasteiger charge is 2.16. The van der Waals surface area contributed by atoms with E-state index in [1.807, 2.05) is 0 Å². The first-order valence-electron chi connectivity index (χ1n) is 15.4. The Kier molecular flexibility index (Phi) is 21.1. The van der Waals surface area contributed by atoms with Crippen molar-refractivity contribution >= 4 is 0 Å². The summed E-state index contributed by atoms with van der Waals surface area (Å²) >= 11 is 0. The highest BCUT2D eigenvalue weighted by Crippen LogP contribution is 2.13. The fourth-order valence-electron chi connectivity index (χ4n) is 5.09. The number of aryl methyl sites for hydroxylation is 2. The fourth-order valence-corrected chi connectivity index (χ4v) is 5.09. The van der Waals surface area contributed by atoms with Crippen LogP contribution in [0.25, 0.3) is 0 Å². The van der Waals surface area contributed by atoms with E-state index < -0.39 is 0 Å². The summed E-state index contributed by atoms with van der Waals surface area (Å²) in [5, 5.41) is 0. The molecule has 0 saturated carbocycles. The largest absolute Gasteiger partial charge is 0.256 e. The van der Waals surface area contributed by atoms with Crippen LogP contribution in [0.5, 0.6) is 0 Å². The molecule has 2 heteroatoms. The molecule has 194 valence electrons. The molecule has 0 atom stereocenters. The van der Waals surface area contributed by atoms with E-state index >= 15 is 0 Å². The van der Waals surface area contributed by atoms with Gasteiger partial charge in [0.2, 0.25) is 0 Å². The number of aromatic nitrogens is 2. The Morgan fingerprint density at radius 2 is 0.939 bits per heavy atom. The molecule has 0 amide bonds. The molecule has 0 N–H and O–H groups in total. The molecule has 1 aromatic rings. The SMILES string of the molecule is CCCCCCCCCCCCCCn1cc[n+](CCCCCCCCC)c1CCCCC. The van der Waals surface area contributed by atoms with Crippen LogP contribution in [0.1, 0.15) is 168 Å². The average molecular weight is 462 g/mol. The van der Waals surface area contributed by atoms with Crippen molar-refractivity contribution in [2.24, 2.45) is 0 Å². The van der Waals surface area contributed by atoms with Crippen LogP contribution in [0.2, 0.25) is 0 Å². The highest BCUT2D eigenvalue weighted by molar-refractivity contribution is 4.84. The van der Waals surface area contributed by atoms with E-state index in [4.69, 9.17) is 0 Å². The van der Waals surface area contributed by atoms with Crippen molar-refractivity contribution in [2.75, 3.05) is 0 Å². The summed E-state index contributed by atoms with van der Waals surface area (Å²) in [5.41, 5.74) is 0. The van der Waals surface area contributed by atoms with E-state index in [2.05, 4.69) is 42.3 Å². The van der Waals surface area contributed by atoms with Gasteiger partial charge in [-0.25, -0.2) is 9.13 Å². The predicted molar refractivity (Wildman–Crippen MR) is 147 cm³/mol. The molecule has 0 bridgehead atoms. The second kappa shape index (κ2) is 23.0. The van der Waals surface area contributed by atoms with Crippen LogP contribution in [0.4, 0.5) is 0 Å². The first kappa shape index (κ1) is 30.2. The second-order valence-electron chi connectivity index (χ2n) is 10.6. The van der Waals surface area contributed by atoms with Gasteiger partial charge in [-0.15, -0.1) is 0 Å². The minimum absolute atomic E-state index is 1.22. The molecule has 0 saturated heterocycles. The fraction of sp³-hybridized carbons (Fsp3) is 0.903. The third kappa shape index (κ3) is 16.5. The lowest BCUT2D eigenvalue weighted by atomic mass is 10.1. The third-order valence-electron chi connectivity index (χ3n) is 7.35. The minimum atomic E-state index is 1.22. The van der Waals surface area contributed by atoms with E-state index in [0.29, 0.717) is 0 Å². The van der Waals surface area contributed by atoms with Gasteiger partial charge in [-0.1, -0.05) is 130 Å². The monoisotopic (exact) mass is 461 g/mol. The van der Waals surface area contributed by atoms with Crippen molar-refractivity contribution in [3.63, 3.8) is 0 Å². The van der Waals surface area contributed by atoms with E-state index in [0.717, 1.165) is 0 Å². The van der Waals surface area contributed by atoms with Crippen molar-refractivity contribution in [3.8, 4) is 0 Å². The maximum absolute atomic E-state index is 2.59. The Balaban J connectivity index is 2.22. The maximum Gasteiger partial charge on any atom is 0.256 e. The normalized spacial score (nSPS) is 11.5. The average Bonchev–Trinajstić information content (AvgIpc) is 3.21. The molecular weight excluding hydrogens is 400 g/mol. The Hall–Kier alpha value is -0.790. The summed E-state index contributed by atoms with van der Waals surface area (Å²) in [6.45, 7) is 9.37. The van der Waals surface area contributed by atoms with Gasteiger partial charge in [0.25, 0.3) is 5.82 Å². The summed E-state index contributed by atoms with van der Waals surface area (Å²) in [6.07, 6.45) is 37.0. The first-order valence-corrected chi connectivity index (χ1v) is 15.4. The molecular formula is C31H61N2+. The van der Waals surface area contributed by atoms with Crippen LogP contribution >= 0.6 is 0 Å². The van der Waals surface area contributed by atoms with Gasteiger partial charge in [0.15, 0.2) is 0 Å². The van der Waals surface area contributed by atoms with Crippen LogP contribution in [0.15, 0.2) is 12.4 Å². The summed E-state index contributed by atoms with van der Waals surface area (Å²) in [5.74, 6) is 1.59. The predicted octanol–water partition coefficient (Wildman–Crippen LogP) is 9.96. The molecule has 0 aliphatic carbocycles. The number of hydrogen-bond donors (Lipinski definition) is 0. The highest BCUT2D eigenvalue weighted by atomic mass is 15.1. The Morgan fingerprint density at radius 3 is 1.45 bits per heavy atom. The van der Waals surface area contributed by atoms with Crippen LogP contribution < -0.4 is 4.57 Å². The topological polar surface area (TPSA) is 8.81 Å². The lowest BCUT2D eigenvalue weighted by molar-refractivity contribution is -0.704. The number of rotatable bonds is 25. The van der Waals surface area contributed by atoms with Gasteiger partial charge < -0.3 is 0 Å². The zero-order valence-electron chi connectivity index (χ0n) is 23.2. The smallest absolute Gasteiger partial charge is 0.234 e. The Bertz CT molecular complexity index is 519. The zero-order chi connectivity index (χ0) is 23.8. The van der Waals surface area contributed by atoms with E-state index in [1.54, 1.807) is 5.82 Å². The van der Waals surface area contributed by atoms with Gasteiger partial charge in [0.1, 0.15) is 12.4 Å². The first-order chi connectivity index (χ1) is 16.3. The summed E-state index contributed by atoms with van der Waals surface area (Å²) < 4.78 is 5.18. The second-order valence-corrected chi connectivity index (χ2v) is 10.6. The van der Waals surface area contributed by atoms with Gasteiger partial charge >= 0.3 is 0 Å². The lowest BCUT2D eigenvalue weighted by Gasteiger charge is -2.06. The molecule has 0 aromatic carbocycles. The zero-order valence-corrected chi connectivity index (χ0v) is 23.2. The molecule has 0 spiro atoms. The molecule has 0 fully saturated rings. The third-order valence-corrected chi connectivity index (χ3v) is 7.35. The van der Waals surface area contributed by atoms with Crippen LogP contribution in [0.3, 0.4) is 0 Å². The molecule has 33 heavy (non-hydrogen) atoms. The van der Waals surface area contributed by atoms with Crippen LogP contribution in [0, 0.1) is 0 Å². The van der Waals surface area contributed by atoms with Gasteiger partial charge in [0.05, 0.1) is 13.1 Å². The molecule has 0 unspecified atom stereocenters. The van der Waals surface area contributed by atoms with Gasteiger partial charge in [0, 0.05) is 6.42 Å². The van der Waals surface area contributed by atoms with Crippen molar-refractivity contribution in [2.45, 2.75) is 182 Å². The summed E-state index contributed by atoms with van der Waals surface area (Å²) in [4.78, 5) is 0. The van der Waals surface area contributed by atoms with Crippen molar-refractivity contribution in [1.29, 1.82) is 0 Å². The number of unbranched alkanes of at least 4 members (excludes halogenated alkanes) is 19. The molecule has 0 aliphatic heterocycles. The van der Waals surface area contributed by atoms with Crippen LogP contribution in [-0.2, 0) is 19.5 Å². The standard InChI is InChI=1S/C31H61N2/c1-4-7-10-12-14-15-16-17-18-20-22-25-28-33-30-29-32(31(33)26-23-9-6-3)27-24-21-19-13-11-8-5-2/h29-30H,4-28H2,1-3H3/q+1. The molecule has 0 aliphatic rings. The Labute approximate surface area is 208 Å². The number of imidazole rings is 1. The molecule has 1 rings (SSSR count). The maximum atomic E-state index is 2.59. The van der Waals surface area contributed by atoms with E-state index in [1.165, 1.54) is 161 Å². The van der Waals surface area contributed by atoms with E-state index in [-0.39, 0.29) is 0 Å². The van der Waals surface area contributed by atoms with Crippen molar-refractivity contribution in [3.05, 3.63) is 18.2 Å². The number of nitrogens with zero attached hydrogens (tertiary/aromatic N) is 2. The van der Waals surface area contributed by atoms with Gasteiger partial charge in [-0.3, -0.25) is 0 Å². The minimum Gasteiger partial charge on any atom is -0.234 e. The van der Waals surface area contributed by atoms with Crippen molar-refractivity contribution in [1.82, 2.24) is 4.57 Å². The molecule has 1 aromatic heterocycles. The quantitative estimate of drug-likeness (QED) is 0.101. The van der Waals surface area contributed by atoms with Gasteiger partial charge in [-0.05, 0) is 32.1 Å². The van der Waals surface area contributed by atoms with E-state index in [9.17, 15) is 0 Å². The number of hydrogen-bond acceptors (Lipinski definition) is 0. The molecule has 0 radical (unpaired) electrons. The van der Waals surface area contributed by atoms with Gasteiger partial charge in [-0.2, -0.15) is 0 Å². The Morgan fingerprint density at radius 1 is 0.515 bits per heavy atom. The lowest BCUT2D eigenvalue weighted by Crippen LogP contribution is -2.37. The van der Waals surface area contributed by atoms with Crippen LogP contribution in [-0.4, -0.2) is 4.57 Å². The summed E-state index contributed by atoms with van der Waals surface area (Å²) in [7, 11) is 0.